The van der Waals surface area contributed by atoms with Crippen LogP contribution >= 0.6 is 23.2 Å². The number of fused-ring (bicyclic) bond motifs is 5. The van der Waals surface area contributed by atoms with Gasteiger partial charge in [0.15, 0.2) is 23.3 Å². The monoisotopic (exact) mass is 524 g/mol. The van der Waals surface area contributed by atoms with Gasteiger partial charge in [-0.1, -0.05) is 38.5 Å². The maximum absolute atomic E-state index is 13.6. The van der Waals surface area contributed by atoms with Gasteiger partial charge in [0.2, 0.25) is 0 Å². The molecule has 9 atom stereocenters. The van der Waals surface area contributed by atoms with Crippen LogP contribution in [0.5, 0.6) is 0 Å². The van der Waals surface area contributed by atoms with Crippen molar-refractivity contribution >= 4 is 40.7 Å². The summed E-state index contributed by atoms with van der Waals surface area (Å²) in [5, 5.41) is 11.8. The highest BCUT2D eigenvalue weighted by molar-refractivity contribution is 6.29. The molecular weight excluding hydrogens is 491 g/mol. The Morgan fingerprint density at radius 3 is 2.69 bits per heavy atom. The predicted octanol–water partition coefficient (Wildman–Crippen LogP) is 4.14. The van der Waals surface area contributed by atoms with Crippen LogP contribution < -0.4 is 0 Å². The summed E-state index contributed by atoms with van der Waals surface area (Å²) in [4.78, 5) is 37.9. The van der Waals surface area contributed by atoms with Crippen molar-refractivity contribution in [2.75, 3.05) is 12.5 Å². The molecule has 0 radical (unpaired) electrons. The third kappa shape index (κ3) is 3.19. The second-order valence-electron chi connectivity index (χ2n) is 11.6. The number of Topliss-reactive ketones (excluding diaryl/α,β-unsaturated/α-hetero) is 1. The molecule has 5 rings (SSSR count). The Morgan fingerprint density at radius 2 is 2.03 bits per heavy atom. The van der Waals surface area contributed by atoms with Crippen molar-refractivity contribution in [3.8, 4) is 0 Å². The van der Waals surface area contributed by atoms with E-state index in [9.17, 15) is 19.5 Å². The quantitative estimate of drug-likeness (QED) is 0.337. The molecule has 1 saturated heterocycles. The molecule has 8 heteroatoms. The molecule has 0 aromatic heterocycles. The number of carbonyl (C=O) groups is 3. The van der Waals surface area contributed by atoms with Gasteiger partial charge in [0, 0.05) is 29.8 Å². The lowest BCUT2D eigenvalue weighted by Gasteiger charge is -2.63. The number of aliphatic hydroxyl groups excluding tert-OH is 1. The summed E-state index contributed by atoms with van der Waals surface area (Å²) in [6.07, 6.45) is 6.87. The zero-order valence-electron chi connectivity index (χ0n) is 20.5. The van der Waals surface area contributed by atoms with Crippen LogP contribution in [0.2, 0.25) is 0 Å². The molecule has 1 heterocycles. The summed E-state index contributed by atoms with van der Waals surface area (Å²) in [5.74, 6) is -1.70. The molecule has 0 spiro atoms. The Bertz CT molecular complexity index is 1020. The number of ether oxygens (including phenoxy) is 2. The largest absolute Gasteiger partial charge is 0.448 e. The van der Waals surface area contributed by atoms with Crippen molar-refractivity contribution in [3.05, 3.63) is 23.8 Å². The van der Waals surface area contributed by atoms with Crippen molar-refractivity contribution in [2.45, 2.75) is 82.0 Å². The van der Waals surface area contributed by atoms with E-state index in [1.807, 2.05) is 26.8 Å². The highest BCUT2D eigenvalue weighted by atomic mass is 35.5. The van der Waals surface area contributed by atoms with Gasteiger partial charge in [0.1, 0.15) is 0 Å². The maximum atomic E-state index is 13.6. The topological polar surface area (TPSA) is 89.9 Å². The number of carbonyl (C=O) groups excluding carboxylic acids is 3. The highest BCUT2D eigenvalue weighted by Gasteiger charge is 2.76. The second-order valence-corrected chi connectivity index (χ2v) is 12.5. The number of rotatable bonds is 4. The van der Waals surface area contributed by atoms with E-state index < -0.39 is 39.5 Å². The summed E-state index contributed by atoms with van der Waals surface area (Å²) in [5.41, 5.74) is -2.07. The number of ketones is 2. The molecule has 192 valence electrons. The van der Waals surface area contributed by atoms with Crippen molar-refractivity contribution < 1.29 is 29.0 Å². The Hall–Kier alpha value is -1.21. The van der Waals surface area contributed by atoms with Crippen LogP contribution in [0, 0.1) is 28.6 Å². The first kappa shape index (κ1) is 25.4. The summed E-state index contributed by atoms with van der Waals surface area (Å²) < 4.78 is 11.8. The third-order valence-electron chi connectivity index (χ3n) is 10.1. The van der Waals surface area contributed by atoms with Crippen LogP contribution in [0.1, 0.15) is 59.3 Å². The molecule has 35 heavy (non-hydrogen) atoms. The molecule has 2 saturated carbocycles. The number of hydrogen-bond acceptors (Lipinski definition) is 6. The van der Waals surface area contributed by atoms with Crippen molar-refractivity contribution in [3.63, 3.8) is 0 Å². The summed E-state index contributed by atoms with van der Waals surface area (Å²) in [6.45, 7) is 6.38. The van der Waals surface area contributed by atoms with Gasteiger partial charge in [0.05, 0.1) is 16.9 Å². The maximum Gasteiger partial charge on any atom is 0.336 e. The lowest BCUT2D eigenvalue weighted by Crippen LogP contribution is -2.69. The highest BCUT2D eigenvalue weighted by Crippen LogP contribution is 2.71. The van der Waals surface area contributed by atoms with E-state index in [2.05, 4.69) is 6.08 Å². The van der Waals surface area contributed by atoms with Crippen LogP contribution in [0.4, 0.5) is 0 Å². The molecule has 1 N–H and O–H groups in total. The van der Waals surface area contributed by atoms with Crippen LogP contribution in [0.15, 0.2) is 23.8 Å². The molecule has 4 aliphatic carbocycles. The fraction of sp³-hybridized carbons (Fsp3) is 0.741. The lowest BCUT2D eigenvalue weighted by molar-refractivity contribution is -0.205. The predicted molar refractivity (Wildman–Crippen MR) is 131 cm³/mol. The SMILES string of the molecule is CC1CC2C3CC=C4CC(=O)C=CC4(C)C3(Cl)C(O)CC2(C)C1(OC(=O)C1CCCO1)C(=O)CCl. The average Bonchev–Trinajstić information content (AvgIpc) is 3.42. The molecule has 5 aliphatic rings. The van der Waals surface area contributed by atoms with E-state index in [0.29, 0.717) is 32.3 Å². The van der Waals surface area contributed by atoms with E-state index in [1.165, 1.54) is 0 Å². The van der Waals surface area contributed by atoms with E-state index in [1.54, 1.807) is 6.08 Å². The minimum atomic E-state index is -1.47. The Morgan fingerprint density at radius 1 is 1.29 bits per heavy atom. The van der Waals surface area contributed by atoms with Crippen molar-refractivity contribution in [1.82, 2.24) is 0 Å². The van der Waals surface area contributed by atoms with Crippen LogP contribution in [-0.2, 0) is 23.9 Å². The number of esters is 1. The summed E-state index contributed by atoms with van der Waals surface area (Å²) >= 11 is 13.6. The lowest BCUT2D eigenvalue weighted by atomic mass is 9.46. The van der Waals surface area contributed by atoms with Crippen molar-refractivity contribution in [2.24, 2.45) is 28.6 Å². The van der Waals surface area contributed by atoms with Gasteiger partial charge in [-0.05, 0) is 50.0 Å². The Labute approximate surface area is 216 Å². The molecule has 0 aromatic rings. The van der Waals surface area contributed by atoms with Crippen LogP contribution in [0.3, 0.4) is 0 Å². The standard InChI is InChI=1S/C27H34Cl2O6/c1-15-11-19-18-7-6-16-12-17(30)8-9-24(16,2)26(18,29)21(31)13-25(19,3)27(15,22(32)14-28)35-23(33)20-5-4-10-34-20/h6,8-9,15,18-21,31H,4-5,7,10-14H2,1-3H3. The van der Waals surface area contributed by atoms with Gasteiger partial charge in [-0.3, -0.25) is 9.59 Å². The fourth-order valence-corrected chi connectivity index (χ4v) is 9.09. The fourth-order valence-electron chi connectivity index (χ4n) is 8.39. The van der Waals surface area contributed by atoms with Crippen LogP contribution in [-0.4, -0.2) is 57.8 Å². The first-order valence-corrected chi connectivity index (χ1v) is 13.6. The first-order chi connectivity index (χ1) is 16.5. The van der Waals surface area contributed by atoms with E-state index >= 15 is 0 Å². The van der Waals surface area contributed by atoms with Gasteiger partial charge >= 0.3 is 5.97 Å². The summed E-state index contributed by atoms with van der Waals surface area (Å²) in [7, 11) is 0. The average molecular weight is 525 g/mol. The number of aliphatic hydroxyl groups is 1. The van der Waals surface area contributed by atoms with E-state index in [0.717, 1.165) is 12.0 Å². The van der Waals surface area contributed by atoms with E-state index in [4.69, 9.17) is 32.7 Å². The van der Waals surface area contributed by atoms with Gasteiger partial charge < -0.3 is 14.6 Å². The smallest absolute Gasteiger partial charge is 0.336 e. The second kappa shape index (κ2) is 8.41. The van der Waals surface area contributed by atoms with Gasteiger partial charge in [-0.2, -0.15) is 0 Å². The molecule has 0 bridgehead atoms. The zero-order chi connectivity index (χ0) is 25.4. The number of halogens is 2. The minimum absolute atomic E-state index is 0.0323. The van der Waals surface area contributed by atoms with Crippen LogP contribution in [0.25, 0.3) is 0 Å². The molecule has 1 aliphatic heterocycles. The Kier molecular flexibility index (Phi) is 6.11. The molecule has 0 aromatic carbocycles. The minimum Gasteiger partial charge on any atom is -0.448 e. The van der Waals surface area contributed by atoms with E-state index in [-0.39, 0.29) is 41.6 Å². The third-order valence-corrected chi connectivity index (χ3v) is 11.3. The molecule has 3 fully saturated rings. The molecule has 0 amide bonds. The first-order valence-electron chi connectivity index (χ1n) is 12.7. The van der Waals surface area contributed by atoms with Gasteiger partial charge in [-0.25, -0.2) is 4.79 Å². The molecular formula is C27H34Cl2O6. The number of allylic oxidation sites excluding steroid dienone is 4. The number of alkyl halides is 2. The van der Waals surface area contributed by atoms with Crippen molar-refractivity contribution in [1.29, 1.82) is 0 Å². The summed E-state index contributed by atoms with van der Waals surface area (Å²) in [6, 6.07) is 0. The molecule has 6 nitrogen and oxygen atoms in total. The zero-order valence-corrected chi connectivity index (χ0v) is 22.0. The molecule has 9 unspecified atom stereocenters. The Balaban J connectivity index is 1.59. The normalized spacial score (nSPS) is 48.6. The van der Waals surface area contributed by atoms with Gasteiger partial charge in [-0.15, -0.1) is 23.2 Å². The number of hydrogen-bond donors (Lipinski definition) is 1. The van der Waals surface area contributed by atoms with Gasteiger partial charge in [0.25, 0.3) is 0 Å².